The highest BCUT2D eigenvalue weighted by molar-refractivity contribution is 14.0. The summed E-state index contributed by atoms with van der Waals surface area (Å²) >= 11 is 10.9. The standard InChI is InChI=1S/C23H23BrClN3O2S.HI/c1-15-5-10-18(13-19(15)24)28-22(31-14-20(29)30)27-21(23(28)11-3-2-4-12-23)26-17-8-6-16(25)7-9-17;/h5-10,13H,2-4,11-12,14H2,1H3,(H,29,30);1H. The first kappa shape index (κ1) is 25.5. The maximum atomic E-state index is 11.3. The quantitative estimate of drug-likeness (QED) is 0.350. The average Bonchev–Trinajstić information content (AvgIpc) is 3.03. The minimum absolute atomic E-state index is 0. The van der Waals surface area contributed by atoms with Gasteiger partial charge in [0.2, 0.25) is 0 Å². The minimum Gasteiger partial charge on any atom is -0.481 e. The Labute approximate surface area is 222 Å². The van der Waals surface area contributed by atoms with E-state index in [0.717, 1.165) is 52.9 Å². The fraction of sp³-hybridized carbons (Fsp3) is 0.348. The number of rotatable bonds is 4. The summed E-state index contributed by atoms with van der Waals surface area (Å²) in [5.41, 5.74) is 2.56. The Morgan fingerprint density at radius 3 is 2.53 bits per heavy atom. The van der Waals surface area contributed by atoms with E-state index < -0.39 is 5.97 Å². The van der Waals surface area contributed by atoms with Gasteiger partial charge in [0, 0.05) is 15.2 Å². The van der Waals surface area contributed by atoms with Crippen LogP contribution in [0.2, 0.25) is 5.02 Å². The molecule has 170 valence electrons. The van der Waals surface area contributed by atoms with Crippen LogP contribution in [0.25, 0.3) is 0 Å². The Morgan fingerprint density at radius 2 is 1.91 bits per heavy atom. The predicted molar refractivity (Wildman–Crippen MR) is 149 cm³/mol. The second-order valence-electron chi connectivity index (χ2n) is 7.85. The fourth-order valence-corrected chi connectivity index (χ4v) is 5.49. The molecule has 9 heteroatoms. The van der Waals surface area contributed by atoms with E-state index in [1.807, 2.05) is 24.3 Å². The van der Waals surface area contributed by atoms with Crippen molar-refractivity contribution < 1.29 is 9.90 Å². The third-order valence-electron chi connectivity index (χ3n) is 5.72. The molecule has 0 atom stereocenters. The van der Waals surface area contributed by atoms with E-state index >= 15 is 0 Å². The van der Waals surface area contributed by atoms with E-state index in [1.165, 1.54) is 18.2 Å². The Morgan fingerprint density at radius 1 is 1.22 bits per heavy atom. The molecule has 1 heterocycles. The summed E-state index contributed by atoms with van der Waals surface area (Å²) < 4.78 is 1.02. The van der Waals surface area contributed by atoms with Gasteiger partial charge in [0.1, 0.15) is 5.54 Å². The molecule has 1 aliphatic carbocycles. The van der Waals surface area contributed by atoms with Gasteiger partial charge in [-0.1, -0.05) is 64.6 Å². The number of aliphatic carboxylic acids is 1. The number of halogens is 3. The summed E-state index contributed by atoms with van der Waals surface area (Å²) in [5, 5.41) is 10.6. The molecule has 0 saturated heterocycles. The lowest BCUT2D eigenvalue weighted by molar-refractivity contribution is -0.133. The number of nitrogens with zero attached hydrogens (tertiary/aromatic N) is 3. The third kappa shape index (κ3) is 5.34. The summed E-state index contributed by atoms with van der Waals surface area (Å²) in [6.45, 7) is 2.05. The minimum atomic E-state index is -0.862. The number of anilines is 1. The largest absolute Gasteiger partial charge is 0.481 e. The van der Waals surface area contributed by atoms with Gasteiger partial charge in [-0.05, 0) is 61.7 Å². The average molecular weight is 649 g/mol. The normalized spacial score (nSPS) is 18.5. The van der Waals surface area contributed by atoms with Crippen LogP contribution in [0, 0.1) is 6.92 Å². The van der Waals surface area contributed by atoms with E-state index in [9.17, 15) is 9.90 Å². The van der Waals surface area contributed by atoms with Gasteiger partial charge in [0.25, 0.3) is 0 Å². The first-order valence-electron chi connectivity index (χ1n) is 10.2. The van der Waals surface area contributed by atoms with Crippen LogP contribution in [0.5, 0.6) is 0 Å². The van der Waals surface area contributed by atoms with Crippen LogP contribution < -0.4 is 4.90 Å². The first-order valence-corrected chi connectivity index (χ1v) is 12.4. The van der Waals surface area contributed by atoms with E-state index in [1.54, 1.807) is 0 Å². The molecular formula is C23H24BrClIN3O2S. The molecule has 1 fully saturated rings. The zero-order chi connectivity index (χ0) is 22.0. The Hall–Kier alpha value is -1.10. The lowest BCUT2D eigenvalue weighted by Crippen LogP contribution is -2.52. The lowest BCUT2D eigenvalue weighted by atomic mass is 9.79. The number of carbonyl (C=O) groups is 1. The molecule has 1 saturated carbocycles. The Bertz CT molecular complexity index is 1060. The number of aryl methyl sites for hydroxylation is 1. The van der Waals surface area contributed by atoms with Gasteiger partial charge >= 0.3 is 5.97 Å². The number of carboxylic acid groups (broad SMARTS) is 1. The van der Waals surface area contributed by atoms with Crippen molar-refractivity contribution in [3.63, 3.8) is 0 Å². The monoisotopic (exact) mass is 647 g/mol. The van der Waals surface area contributed by atoms with Crippen molar-refractivity contribution in [2.24, 2.45) is 9.98 Å². The van der Waals surface area contributed by atoms with Gasteiger partial charge in [-0.3, -0.25) is 4.79 Å². The van der Waals surface area contributed by atoms with Crippen molar-refractivity contribution in [3.8, 4) is 0 Å². The molecule has 0 amide bonds. The van der Waals surface area contributed by atoms with Crippen molar-refractivity contribution in [1.29, 1.82) is 0 Å². The molecule has 2 aliphatic rings. The number of thioether (sulfide) groups is 1. The van der Waals surface area contributed by atoms with Crippen LogP contribution in [0.4, 0.5) is 11.4 Å². The lowest BCUT2D eigenvalue weighted by Gasteiger charge is -2.42. The zero-order valence-corrected chi connectivity index (χ0v) is 23.0. The molecular weight excluding hydrogens is 625 g/mol. The van der Waals surface area contributed by atoms with Crippen LogP contribution in [0.3, 0.4) is 0 Å². The molecule has 0 aromatic heterocycles. The Kier molecular flexibility index (Phi) is 8.68. The molecule has 4 rings (SSSR count). The number of hydrogen-bond acceptors (Lipinski definition) is 4. The first-order chi connectivity index (χ1) is 14.9. The molecule has 1 spiro atoms. The summed E-state index contributed by atoms with van der Waals surface area (Å²) in [6.07, 6.45) is 5.18. The molecule has 1 N–H and O–H groups in total. The summed E-state index contributed by atoms with van der Waals surface area (Å²) in [7, 11) is 0. The molecule has 0 radical (unpaired) electrons. The van der Waals surface area contributed by atoms with Crippen LogP contribution in [-0.4, -0.2) is 33.4 Å². The van der Waals surface area contributed by atoms with Crippen molar-refractivity contribution in [3.05, 3.63) is 57.5 Å². The topological polar surface area (TPSA) is 65.3 Å². The maximum Gasteiger partial charge on any atom is 0.313 e. The van der Waals surface area contributed by atoms with Crippen LogP contribution >= 0.6 is 63.3 Å². The van der Waals surface area contributed by atoms with E-state index in [-0.39, 0.29) is 35.3 Å². The zero-order valence-electron chi connectivity index (χ0n) is 17.6. The summed E-state index contributed by atoms with van der Waals surface area (Å²) in [5.74, 6) is -0.162. The number of carboxylic acids is 1. The van der Waals surface area contributed by atoms with Gasteiger partial charge in [-0.25, -0.2) is 9.98 Å². The number of aliphatic imine (C=N–C) groups is 2. The second kappa shape index (κ2) is 10.9. The summed E-state index contributed by atoms with van der Waals surface area (Å²) in [4.78, 5) is 23.4. The van der Waals surface area contributed by atoms with Crippen molar-refractivity contribution in [1.82, 2.24) is 0 Å². The smallest absolute Gasteiger partial charge is 0.313 e. The van der Waals surface area contributed by atoms with Gasteiger partial charge in [-0.15, -0.1) is 24.0 Å². The number of benzene rings is 2. The van der Waals surface area contributed by atoms with Crippen molar-refractivity contribution in [2.45, 2.75) is 44.6 Å². The number of amidine groups is 2. The molecule has 2 aromatic carbocycles. The van der Waals surface area contributed by atoms with Crippen molar-refractivity contribution >= 4 is 91.6 Å². The predicted octanol–water partition coefficient (Wildman–Crippen LogP) is 7.46. The van der Waals surface area contributed by atoms with Crippen LogP contribution in [0.1, 0.15) is 37.7 Å². The van der Waals surface area contributed by atoms with Gasteiger partial charge in [0.15, 0.2) is 11.0 Å². The highest BCUT2D eigenvalue weighted by atomic mass is 127. The highest BCUT2D eigenvalue weighted by Crippen LogP contribution is 2.45. The molecule has 32 heavy (non-hydrogen) atoms. The number of hydrogen-bond donors (Lipinski definition) is 1. The second-order valence-corrected chi connectivity index (χ2v) is 10.1. The van der Waals surface area contributed by atoms with Gasteiger partial charge in [-0.2, -0.15) is 0 Å². The Balaban J connectivity index is 0.00000289. The van der Waals surface area contributed by atoms with E-state index in [2.05, 4.69) is 46.0 Å². The molecule has 1 aliphatic heterocycles. The fourth-order valence-electron chi connectivity index (χ4n) is 4.18. The third-order valence-corrected chi connectivity index (χ3v) is 7.75. The SMILES string of the molecule is Cc1ccc(N2C(SCC(=O)O)=NC(=Nc3ccc(Cl)cc3)C23CCCCC3)cc1Br.I. The van der Waals surface area contributed by atoms with Crippen LogP contribution in [-0.2, 0) is 4.79 Å². The molecule has 5 nitrogen and oxygen atoms in total. The molecule has 0 bridgehead atoms. The van der Waals surface area contributed by atoms with Crippen molar-refractivity contribution in [2.75, 3.05) is 10.7 Å². The van der Waals surface area contributed by atoms with Crippen LogP contribution in [0.15, 0.2) is 56.9 Å². The molecule has 0 unspecified atom stereocenters. The van der Waals surface area contributed by atoms with Gasteiger partial charge < -0.3 is 10.0 Å². The van der Waals surface area contributed by atoms with E-state index in [4.69, 9.17) is 21.6 Å². The summed E-state index contributed by atoms with van der Waals surface area (Å²) in [6, 6.07) is 13.7. The highest BCUT2D eigenvalue weighted by Gasteiger charge is 2.50. The van der Waals surface area contributed by atoms with E-state index in [0.29, 0.717) is 10.2 Å². The van der Waals surface area contributed by atoms with Gasteiger partial charge in [0.05, 0.1) is 11.4 Å². The molecule has 2 aromatic rings. The maximum absolute atomic E-state index is 11.3.